The Labute approximate surface area is 122 Å². The van der Waals surface area contributed by atoms with Crippen LogP contribution in [0.4, 0.5) is 15.8 Å². The second kappa shape index (κ2) is 6.27. The van der Waals surface area contributed by atoms with Crippen LogP contribution in [0.15, 0.2) is 23.6 Å². The van der Waals surface area contributed by atoms with Crippen molar-refractivity contribution in [2.24, 2.45) is 0 Å². The summed E-state index contributed by atoms with van der Waals surface area (Å²) in [7, 11) is 0. The number of nitrogens with one attached hydrogen (secondary N) is 1. The van der Waals surface area contributed by atoms with Gasteiger partial charge >= 0.3 is 5.97 Å². The summed E-state index contributed by atoms with van der Waals surface area (Å²) in [5.74, 6) is -1.78. The van der Waals surface area contributed by atoms with Crippen molar-refractivity contribution in [2.75, 3.05) is 11.9 Å². The molecule has 0 radical (unpaired) electrons. The number of anilines is 1. The molecule has 21 heavy (non-hydrogen) atoms. The summed E-state index contributed by atoms with van der Waals surface area (Å²) < 4.78 is 13.0. The van der Waals surface area contributed by atoms with Crippen molar-refractivity contribution in [3.05, 3.63) is 50.2 Å². The number of halogens is 1. The molecule has 0 amide bonds. The Bertz CT molecular complexity index is 689. The predicted octanol–water partition coefficient (Wildman–Crippen LogP) is 2.54. The third-order valence-electron chi connectivity index (χ3n) is 2.58. The third-order valence-corrected chi connectivity index (χ3v) is 3.49. The molecule has 0 saturated carbocycles. The fourth-order valence-corrected chi connectivity index (χ4v) is 2.41. The quantitative estimate of drug-likeness (QED) is 0.627. The lowest BCUT2D eigenvalue weighted by molar-refractivity contribution is -0.384. The average molecular weight is 311 g/mol. The van der Waals surface area contributed by atoms with Gasteiger partial charge in [0.25, 0.3) is 5.69 Å². The van der Waals surface area contributed by atoms with Crippen LogP contribution in [0.2, 0.25) is 0 Å². The minimum Gasteiger partial charge on any atom is -0.476 e. The van der Waals surface area contributed by atoms with E-state index in [9.17, 15) is 19.3 Å². The molecule has 0 bridgehead atoms. The van der Waals surface area contributed by atoms with E-state index in [0.29, 0.717) is 18.0 Å². The highest BCUT2D eigenvalue weighted by molar-refractivity contribution is 7.09. The van der Waals surface area contributed by atoms with Crippen LogP contribution < -0.4 is 5.32 Å². The standard InChI is InChI=1S/C12H10FN3O4S/c13-7-1-2-8(10(5-7)16(19)20)14-4-3-11-15-9(6-21-11)12(17)18/h1-2,5-6,14H,3-4H2,(H,17,18). The highest BCUT2D eigenvalue weighted by Crippen LogP contribution is 2.25. The molecule has 0 fully saturated rings. The molecule has 2 aromatic rings. The van der Waals surface area contributed by atoms with Gasteiger partial charge < -0.3 is 10.4 Å². The van der Waals surface area contributed by atoms with Gasteiger partial charge in [-0.3, -0.25) is 10.1 Å². The van der Waals surface area contributed by atoms with Crippen LogP contribution in [0, 0.1) is 15.9 Å². The van der Waals surface area contributed by atoms with Crippen LogP contribution in [0.25, 0.3) is 0 Å². The molecule has 1 aromatic heterocycles. The first-order chi connectivity index (χ1) is 9.97. The fourth-order valence-electron chi connectivity index (χ4n) is 1.63. The summed E-state index contributed by atoms with van der Waals surface area (Å²) in [5.41, 5.74) is -0.167. The Morgan fingerprint density at radius 2 is 2.29 bits per heavy atom. The lowest BCUT2D eigenvalue weighted by Crippen LogP contribution is -2.07. The zero-order chi connectivity index (χ0) is 15.4. The van der Waals surface area contributed by atoms with E-state index in [1.165, 1.54) is 22.8 Å². The molecule has 9 heteroatoms. The van der Waals surface area contributed by atoms with Gasteiger partial charge in [0, 0.05) is 18.3 Å². The largest absolute Gasteiger partial charge is 0.476 e. The molecular weight excluding hydrogens is 301 g/mol. The number of rotatable bonds is 6. The van der Waals surface area contributed by atoms with Crippen LogP contribution in [0.3, 0.4) is 0 Å². The third kappa shape index (κ3) is 3.72. The zero-order valence-electron chi connectivity index (χ0n) is 10.6. The molecule has 7 nitrogen and oxygen atoms in total. The van der Waals surface area contributed by atoms with Crippen molar-refractivity contribution >= 4 is 28.7 Å². The first-order valence-corrected chi connectivity index (χ1v) is 6.71. The van der Waals surface area contributed by atoms with Crippen molar-refractivity contribution in [1.29, 1.82) is 0 Å². The number of hydrogen-bond donors (Lipinski definition) is 2. The van der Waals surface area contributed by atoms with Gasteiger partial charge in [-0.15, -0.1) is 11.3 Å². The lowest BCUT2D eigenvalue weighted by Gasteiger charge is -2.05. The number of thiazole rings is 1. The number of hydrogen-bond acceptors (Lipinski definition) is 6. The van der Waals surface area contributed by atoms with Crippen LogP contribution in [0.1, 0.15) is 15.5 Å². The van der Waals surface area contributed by atoms with Gasteiger partial charge in [-0.2, -0.15) is 0 Å². The van der Waals surface area contributed by atoms with Crippen molar-refractivity contribution < 1.29 is 19.2 Å². The highest BCUT2D eigenvalue weighted by atomic mass is 32.1. The normalized spacial score (nSPS) is 10.3. The molecule has 1 heterocycles. The SMILES string of the molecule is O=C(O)c1csc(CCNc2ccc(F)cc2[N+](=O)[O-])n1. The van der Waals surface area contributed by atoms with Gasteiger partial charge in [-0.05, 0) is 12.1 Å². The van der Waals surface area contributed by atoms with Crippen LogP contribution in [-0.2, 0) is 6.42 Å². The zero-order valence-corrected chi connectivity index (χ0v) is 11.4. The molecule has 2 N–H and O–H groups in total. The number of aromatic carboxylic acids is 1. The van der Waals surface area contributed by atoms with Gasteiger partial charge in [0.2, 0.25) is 0 Å². The number of nitro benzene ring substituents is 1. The first kappa shape index (κ1) is 14.9. The molecule has 1 aromatic carbocycles. The van der Waals surface area contributed by atoms with Crippen LogP contribution >= 0.6 is 11.3 Å². The Kier molecular flexibility index (Phi) is 4.43. The van der Waals surface area contributed by atoms with E-state index in [4.69, 9.17) is 5.11 Å². The molecule has 0 aliphatic heterocycles. The maximum atomic E-state index is 13.0. The molecule has 0 aliphatic rings. The number of carbonyl (C=O) groups is 1. The van der Waals surface area contributed by atoms with Crippen molar-refractivity contribution in [2.45, 2.75) is 6.42 Å². The molecular formula is C12H10FN3O4S. The number of carboxylic acids is 1. The van der Waals surface area contributed by atoms with Crippen LogP contribution in [0.5, 0.6) is 0 Å². The molecule has 0 unspecified atom stereocenters. The first-order valence-electron chi connectivity index (χ1n) is 5.83. The maximum absolute atomic E-state index is 13.0. The molecule has 0 atom stereocenters. The molecule has 0 spiro atoms. The lowest BCUT2D eigenvalue weighted by atomic mass is 10.2. The van der Waals surface area contributed by atoms with Crippen LogP contribution in [-0.4, -0.2) is 27.5 Å². The molecule has 110 valence electrons. The summed E-state index contributed by atoms with van der Waals surface area (Å²) in [4.78, 5) is 24.7. The molecule has 2 rings (SSSR count). The number of carboxylic acid groups (broad SMARTS) is 1. The Morgan fingerprint density at radius 1 is 1.52 bits per heavy atom. The Hall–Kier alpha value is -2.55. The highest BCUT2D eigenvalue weighted by Gasteiger charge is 2.15. The van der Waals surface area contributed by atoms with Gasteiger partial charge in [-0.1, -0.05) is 0 Å². The summed E-state index contributed by atoms with van der Waals surface area (Å²) in [6, 6.07) is 3.26. The number of benzene rings is 1. The second-order valence-electron chi connectivity index (χ2n) is 4.03. The Balaban J connectivity index is 2.00. The van der Waals surface area contributed by atoms with E-state index < -0.39 is 16.7 Å². The van der Waals surface area contributed by atoms with Crippen molar-refractivity contribution in [3.8, 4) is 0 Å². The number of nitro groups is 1. The fraction of sp³-hybridized carbons (Fsp3) is 0.167. The van der Waals surface area contributed by atoms with E-state index in [2.05, 4.69) is 10.3 Å². The van der Waals surface area contributed by atoms with Gasteiger partial charge in [-0.25, -0.2) is 14.2 Å². The summed E-state index contributed by atoms with van der Waals surface area (Å²) >= 11 is 1.20. The summed E-state index contributed by atoms with van der Waals surface area (Å²) in [6.07, 6.45) is 0.409. The minimum atomic E-state index is -1.10. The second-order valence-corrected chi connectivity index (χ2v) is 4.97. The average Bonchev–Trinajstić information content (AvgIpc) is 2.89. The van der Waals surface area contributed by atoms with E-state index in [1.54, 1.807) is 0 Å². The number of aromatic nitrogens is 1. The van der Waals surface area contributed by atoms with Gasteiger partial charge in [0.15, 0.2) is 5.69 Å². The topological polar surface area (TPSA) is 105 Å². The van der Waals surface area contributed by atoms with E-state index in [-0.39, 0.29) is 17.1 Å². The van der Waals surface area contributed by atoms with Crippen molar-refractivity contribution in [3.63, 3.8) is 0 Å². The van der Waals surface area contributed by atoms with Gasteiger partial charge in [0.05, 0.1) is 16.0 Å². The maximum Gasteiger partial charge on any atom is 0.355 e. The Morgan fingerprint density at radius 3 is 2.90 bits per heavy atom. The van der Waals surface area contributed by atoms with E-state index in [1.807, 2.05) is 0 Å². The van der Waals surface area contributed by atoms with Crippen molar-refractivity contribution in [1.82, 2.24) is 4.98 Å². The predicted molar refractivity (Wildman–Crippen MR) is 74.3 cm³/mol. The molecule has 0 aliphatic carbocycles. The van der Waals surface area contributed by atoms with E-state index in [0.717, 1.165) is 12.1 Å². The smallest absolute Gasteiger partial charge is 0.355 e. The number of nitrogens with zero attached hydrogens (tertiary/aromatic N) is 2. The van der Waals surface area contributed by atoms with Gasteiger partial charge in [0.1, 0.15) is 11.5 Å². The summed E-state index contributed by atoms with van der Waals surface area (Å²) in [6.45, 7) is 0.318. The minimum absolute atomic E-state index is 0.0252. The van der Waals surface area contributed by atoms with E-state index >= 15 is 0 Å². The monoisotopic (exact) mass is 311 g/mol. The molecule has 0 saturated heterocycles. The summed E-state index contributed by atoms with van der Waals surface area (Å²) in [5, 5.41) is 24.4.